The van der Waals surface area contributed by atoms with Crippen molar-refractivity contribution < 1.29 is 4.39 Å². The molecule has 2 rings (SSSR count). The van der Waals surface area contributed by atoms with Crippen molar-refractivity contribution in [3.63, 3.8) is 0 Å². The van der Waals surface area contributed by atoms with E-state index in [-0.39, 0.29) is 11.9 Å². The summed E-state index contributed by atoms with van der Waals surface area (Å²) >= 11 is 6.88. The molecule has 100 valence electrons. The molecule has 2 aromatic rings. The molecule has 0 spiro atoms. The summed E-state index contributed by atoms with van der Waals surface area (Å²) < 4.78 is 15.9. The van der Waals surface area contributed by atoms with Crippen molar-refractivity contribution in [1.82, 2.24) is 5.32 Å². The van der Waals surface area contributed by atoms with E-state index >= 15 is 0 Å². The third-order valence-electron chi connectivity index (χ3n) is 2.96. The Balaban J connectivity index is 2.52. The fourth-order valence-electron chi connectivity index (χ4n) is 2.17. The van der Waals surface area contributed by atoms with E-state index in [0.717, 1.165) is 20.1 Å². The first-order chi connectivity index (χ1) is 9.01. The van der Waals surface area contributed by atoms with Gasteiger partial charge in [0.15, 0.2) is 0 Å². The molecule has 0 radical (unpaired) electrons. The van der Waals surface area contributed by atoms with E-state index in [1.807, 2.05) is 32.2 Å². The van der Waals surface area contributed by atoms with Crippen molar-refractivity contribution in [3.05, 3.63) is 67.9 Å². The average Bonchev–Trinajstić information content (AvgIpc) is 2.33. The van der Waals surface area contributed by atoms with Gasteiger partial charge in [0.2, 0.25) is 0 Å². The largest absolute Gasteiger partial charge is 0.309 e. The Labute approximate surface area is 129 Å². The van der Waals surface area contributed by atoms with Crippen LogP contribution in [0.25, 0.3) is 0 Å². The van der Waals surface area contributed by atoms with Crippen molar-refractivity contribution in [2.45, 2.75) is 13.0 Å². The molecule has 4 heteroatoms. The Hall–Kier alpha value is -0.710. The topological polar surface area (TPSA) is 12.0 Å². The Morgan fingerprint density at radius 3 is 2.42 bits per heavy atom. The first kappa shape index (κ1) is 14.7. The fraction of sp³-hybridized carbons (Fsp3) is 0.200. The molecule has 0 saturated heterocycles. The maximum atomic E-state index is 14.0. The van der Waals surface area contributed by atoms with E-state index in [2.05, 4.69) is 43.2 Å². The third-order valence-corrected chi connectivity index (χ3v) is 3.91. The Bertz CT molecular complexity index is 578. The molecule has 0 heterocycles. The van der Waals surface area contributed by atoms with Crippen LogP contribution in [0.4, 0.5) is 4.39 Å². The van der Waals surface area contributed by atoms with Crippen molar-refractivity contribution in [2.24, 2.45) is 0 Å². The molecule has 0 bridgehead atoms. The van der Waals surface area contributed by atoms with Gasteiger partial charge in [-0.15, -0.1) is 0 Å². The van der Waals surface area contributed by atoms with Crippen LogP contribution in [0.2, 0.25) is 0 Å². The van der Waals surface area contributed by atoms with Crippen LogP contribution in [0.5, 0.6) is 0 Å². The minimum absolute atomic E-state index is 0.173. The molecule has 1 atom stereocenters. The maximum Gasteiger partial charge on any atom is 0.128 e. The van der Waals surface area contributed by atoms with E-state index in [1.165, 1.54) is 6.07 Å². The SMILES string of the molecule is CNC(c1cc(C)cc(Br)c1)c1cc(Br)ccc1F. The number of hydrogen-bond acceptors (Lipinski definition) is 1. The van der Waals surface area contributed by atoms with Gasteiger partial charge in [-0.05, 0) is 55.4 Å². The number of nitrogens with one attached hydrogen (secondary N) is 1. The van der Waals surface area contributed by atoms with Crippen LogP contribution < -0.4 is 5.32 Å². The normalized spacial score (nSPS) is 12.5. The van der Waals surface area contributed by atoms with Crippen LogP contribution in [0.1, 0.15) is 22.7 Å². The molecule has 0 amide bonds. The molecule has 0 aliphatic heterocycles. The number of rotatable bonds is 3. The Kier molecular flexibility index (Phi) is 4.76. The van der Waals surface area contributed by atoms with Crippen LogP contribution in [-0.4, -0.2) is 7.05 Å². The second-order valence-electron chi connectivity index (χ2n) is 4.45. The summed E-state index contributed by atoms with van der Waals surface area (Å²) in [4.78, 5) is 0. The molecular weight excluding hydrogens is 373 g/mol. The molecule has 0 saturated carbocycles. The highest BCUT2D eigenvalue weighted by molar-refractivity contribution is 9.10. The zero-order chi connectivity index (χ0) is 14.0. The van der Waals surface area contributed by atoms with E-state index < -0.39 is 0 Å². The maximum absolute atomic E-state index is 14.0. The van der Waals surface area contributed by atoms with Crippen LogP contribution in [0, 0.1) is 12.7 Å². The van der Waals surface area contributed by atoms with Crippen molar-refractivity contribution >= 4 is 31.9 Å². The molecule has 0 aliphatic rings. The van der Waals surface area contributed by atoms with Crippen LogP contribution >= 0.6 is 31.9 Å². The van der Waals surface area contributed by atoms with Gasteiger partial charge in [-0.2, -0.15) is 0 Å². The first-order valence-corrected chi connectivity index (χ1v) is 7.49. The van der Waals surface area contributed by atoms with E-state index in [9.17, 15) is 4.39 Å². The standard InChI is InChI=1S/C15H14Br2FN/c1-9-5-10(7-12(17)6-9)15(19-2)13-8-11(16)3-4-14(13)18/h3-8,15,19H,1-2H3. The lowest BCUT2D eigenvalue weighted by Gasteiger charge is -2.19. The Morgan fingerprint density at radius 1 is 1.05 bits per heavy atom. The van der Waals surface area contributed by atoms with E-state index in [0.29, 0.717) is 5.56 Å². The quantitative estimate of drug-likeness (QED) is 0.785. The zero-order valence-corrected chi connectivity index (χ0v) is 13.8. The molecule has 1 unspecified atom stereocenters. The molecule has 1 N–H and O–H groups in total. The van der Waals surface area contributed by atoms with Gasteiger partial charge in [-0.1, -0.05) is 37.9 Å². The van der Waals surface area contributed by atoms with Crippen molar-refractivity contribution in [2.75, 3.05) is 7.05 Å². The van der Waals surface area contributed by atoms with Gasteiger partial charge in [-0.25, -0.2) is 4.39 Å². The van der Waals surface area contributed by atoms with Crippen LogP contribution in [0.15, 0.2) is 45.3 Å². The number of benzene rings is 2. The lowest BCUT2D eigenvalue weighted by atomic mass is 9.97. The first-order valence-electron chi connectivity index (χ1n) is 5.90. The smallest absolute Gasteiger partial charge is 0.128 e. The highest BCUT2D eigenvalue weighted by Crippen LogP contribution is 2.29. The van der Waals surface area contributed by atoms with Crippen LogP contribution in [0.3, 0.4) is 0 Å². The number of halogens is 3. The van der Waals surface area contributed by atoms with Gasteiger partial charge in [0.25, 0.3) is 0 Å². The van der Waals surface area contributed by atoms with Gasteiger partial charge < -0.3 is 5.32 Å². The lowest BCUT2D eigenvalue weighted by Crippen LogP contribution is -2.19. The molecule has 1 nitrogen and oxygen atoms in total. The van der Waals surface area contributed by atoms with Gasteiger partial charge >= 0.3 is 0 Å². The van der Waals surface area contributed by atoms with Gasteiger partial charge in [-0.3, -0.25) is 0 Å². The summed E-state index contributed by atoms with van der Waals surface area (Å²) in [6.45, 7) is 2.03. The molecule has 0 aliphatic carbocycles. The van der Waals surface area contributed by atoms with E-state index in [1.54, 1.807) is 6.07 Å². The average molecular weight is 387 g/mol. The van der Waals surface area contributed by atoms with Gasteiger partial charge in [0.05, 0.1) is 6.04 Å². The molecule has 0 aromatic heterocycles. The highest BCUT2D eigenvalue weighted by atomic mass is 79.9. The molecule has 2 aromatic carbocycles. The summed E-state index contributed by atoms with van der Waals surface area (Å²) in [6.07, 6.45) is 0. The monoisotopic (exact) mass is 385 g/mol. The number of hydrogen-bond donors (Lipinski definition) is 1. The predicted molar refractivity (Wildman–Crippen MR) is 83.9 cm³/mol. The van der Waals surface area contributed by atoms with Crippen LogP contribution in [-0.2, 0) is 0 Å². The predicted octanol–water partition coefficient (Wildman–Crippen LogP) is 4.97. The second kappa shape index (κ2) is 6.16. The van der Waals surface area contributed by atoms with Crippen molar-refractivity contribution in [1.29, 1.82) is 0 Å². The molecular formula is C15H14Br2FN. The second-order valence-corrected chi connectivity index (χ2v) is 6.28. The zero-order valence-electron chi connectivity index (χ0n) is 10.7. The number of aryl methyl sites for hydroxylation is 1. The third kappa shape index (κ3) is 3.44. The summed E-state index contributed by atoms with van der Waals surface area (Å²) in [5, 5.41) is 3.18. The summed E-state index contributed by atoms with van der Waals surface area (Å²) in [6, 6.07) is 10.9. The van der Waals surface area contributed by atoms with Gasteiger partial charge in [0.1, 0.15) is 5.82 Å². The Morgan fingerprint density at radius 2 is 1.79 bits per heavy atom. The minimum Gasteiger partial charge on any atom is -0.309 e. The lowest BCUT2D eigenvalue weighted by molar-refractivity contribution is 0.575. The summed E-state index contributed by atoms with van der Waals surface area (Å²) in [7, 11) is 1.83. The van der Waals surface area contributed by atoms with Gasteiger partial charge in [0, 0.05) is 14.5 Å². The van der Waals surface area contributed by atoms with Crippen molar-refractivity contribution in [3.8, 4) is 0 Å². The minimum atomic E-state index is -0.208. The summed E-state index contributed by atoms with van der Waals surface area (Å²) in [5.41, 5.74) is 2.81. The summed E-state index contributed by atoms with van der Waals surface area (Å²) in [5.74, 6) is -0.208. The van der Waals surface area contributed by atoms with E-state index in [4.69, 9.17) is 0 Å². The molecule has 19 heavy (non-hydrogen) atoms. The highest BCUT2D eigenvalue weighted by Gasteiger charge is 2.17. The fourth-order valence-corrected chi connectivity index (χ4v) is 3.17. The molecule has 0 fully saturated rings.